The third-order valence-electron chi connectivity index (χ3n) is 4.39. The molecule has 2 aromatic carbocycles. The van der Waals surface area contributed by atoms with Crippen molar-refractivity contribution in [2.75, 3.05) is 6.54 Å². The molecule has 0 atom stereocenters. The van der Waals surface area contributed by atoms with Crippen LogP contribution in [0.25, 0.3) is 11.0 Å². The van der Waals surface area contributed by atoms with Crippen LogP contribution in [0.3, 0.4) is 0 Å². The van der Waals surface area contributed by atoms with Gasteiger partial charge in [0.25, 0.3) is 0 Å². The number of imidazole rings is 1. The maximum absolute atomic E-state index is 11.5. The van der Waals surface area contributed by atoms with E-state index in [9.17, 15) is 9.90 Å². The number of nitrogens with two attached hydrogens (primary N) is 1. The molecular formula is C19H21N3O2. The molecule has 0 bridgehead atoms. The van der Waals surface area contributed by atoms with Crippen molar-refractivity contribution in [3.05, 3.63) is 64.5 Å². The van der Waals surface area contributed by atoms with E-state index in [1.165, 1.54) is 11.1 Å². The molecule has 0 saturated heterocycles. The second-order valence-corrected chi connectivity index (χ2v) is 6.04. The molecule has 0 spiro atoms. The summed E-state index contributed by atoms with van der Waals surface area (Å²) in [7, 11) is 0. The third-order valence-corrected chi connectivity index (χ3v) is 4.39. The van der Waals surface area contributed by atoms with Gasteiger partial charge in [-0.2, -0.15) is 0 Å². The van der Waals surface area contributed by atoms with Crippen molar-refractivity contribution in [1.82, 2.24) is 9.55 Å². The van der Waals surface area contributed by atoms with Crippen LogP contribution >= 0.6 is 0 Å². The molecule has 0 aliphatic rings. The lowest BCUT2D eigenvalue weighted by Crippen LogP contribution is -2.13. The Kier molecular flexibility index (Phi) is 4.36. The number of aryl methyl sites for hydroxylation is 2. The number of hydrogen-bond acceptors (Lipinski definition) is 3. The predicted molar refractivity (Wildman–Crippen MR) is 94.5 cm³/mol. The van der Waals surface area contributed by atoms with Gasteiger partial charge in [-0.3, -0.25) is 0 Å². The number of aromatic nitrogens is 2. The Hall–Kier alpha value is -2.66. The lowest BCUT2D eigenvalue weighted by molar-refractivity contribution is 0.0695. The molecule has 124 valence electrons. The van der Waals surface area contributed by atoms with Crippen LogP contribution in [0.15, 0.2) is 36.4 Å². The normalized spacial score (nSPS) is 11.1. The van der Waals surface area contributed by atoms with Gasteiger partial charge in [-0.15, -0.1) is 0 Å². The second-order valence-electron chi connectivity index (χ2n) is 6.04. The van der Waals surface area contributed by atoms with Crippen molar-refractivity contribution >= 4 is 17.0 Å². The first-order valence-corrected chi connectivity index (χ1v) is 7.99. The smallest absolute Gasteiger partial charge is 0.336 e. The number of carboxylic acids is 1. The summed E-state index contributed by atoms with van der Waals surface area (Å²) >= 11 is 0. The minimum absolute atomic E-state index is 0.321. The van der Waals surface area contributed by atoms with Crippen LogP contribution in [0.1, 0.15) is 32.9 Å². The van der Waals surface area contributed by atoms with E-state index < -0.39 is 5.97 Å². The fraction of sp³-hybridized carbons (Fsp3) is 0.263. The zero-order valence-corrected chi connectivity index (χ0v) is 13.9. The van der Waals surface area contributed by atoms with E-state index in [0.717, 1.165) is 22.4 Å². The summed E-state index contributed by atoms with van der Waals surface area (Å²) in [5.74, 6) is -0.0277. The summed E-state index contributed by atoms with van der Waals surface area (Å²) in [6.07, 6.45) is 0.655. The van der Waals surface area contributed by atoms with Gasteiger partial charge in [-0.1, -0.05) is 18.2 Å². The highest BCUT2D eigenvalue weighted by molar-refractivity contribution is 5.89. The van der Waals surface area contributed by atoms with Gasteiger partial charge in [0.1, 0.15) is 5.82 Å². The summed E-state index contributed by atoms with van der Waals surface area (Å²) in [6, 6.07) is 11.3. The molecule has 3 rings (SSSR count). The number of carbonyl (C=O) groups is 1. The Morgan fingerprint density at radius 1 is 1.21 bits per heavy atom. The third kappa shape index (κ3) is 2.90. The highest BCUT2D eigenvalue weighted by Crippen LogP contribution is 2.23. The van der Waals surface area contributed by atoms with Gasteiger partial charge in [0.15, 0.2) is 0 Å². The number of benzene rings is 2. The van der Waals surface area contributed by atoms with E-state index in [4.69, 9.17) is 10.7 Å². The molecule has 0 amide bonds. The van der Waals surface area contributed by atoms with E-state index >= 15 is 0 Å². The van der Waals surface area contributed by atoms with Crippen LogP contribution in [-0.2, 0) is 13.0 Å². The summed E-state index contributed by atoms with van der Waals surface area (Å²) in [5, 5.41) is 9.42. The molecule has 5 nitrogen and oxygen atoms in total. The fourth-order valence-electron chi connectivity index (χ4n) is 2.96. The van der Waals surface area contributed by atoms with Gasteiger partial charge in [-0.05, 0) is 55.3 Å². The predicted octanol–water partition coefficient (Wildman–Crippen LogP) is 2.90. The van der Waals surface area contributed by atoms with E-state index in [1.807, 2.05) is 12.1 Å². The van der Waals surface area contributed by atoms with E-state index in [2.05, 4.69) is 30.5 Å². The van der Waals surface area contributed by atoms with Crippen molar-refractivity contribution in [2.45, 2.75) is 26.8 Å². The van der Waals surface area contributed by atoms with Crippen LogP contribution in [0, 0.1) is 13.8 Å². The molecule has 1 aromatic heterocycles. The van der Waals surface area contributed by atoms with Crippen molar-refractivity contribution in [3.8, 4) is 0 Å². The van der Waals surface area contributed by atoms with E-state index in [-0.39, 0.29) is 0 Å². The highest BCUT2D eigenvalue weighted by atomic mass is 16.4. The van der Waals surface area contributed by atoms with Crippen molar-refractivity contribution < 1.29 is 9.90 Å². The van der Waals surface area contributed by atoms with Gasteiger partial charge in [0.05, 0.1) is 23.1 Å². The number of hydrogen-bond donors (Lipinski definition) is 2. The maximum atomic E-state index is 11.5. The number of aromatic carboxylic acids is 1. The molecule has 0 aliphatic heterocycles. The average molecular weight is 323 g/mol. The monoisotopic (exact) mass is 323 g/mol. The first-order chi connectivity index (χ1) is 11.5. The summed E-state index contributed by atoms with van der Waals surface area (Å²) in [5.41, 5.74) is 11.1. The lowest BCUT2D eigenvalue weighted by atomic mass is 10.1. The van der Waals surface area contributed by atoms with Crippen LogP contribution in [0.5, 0.6) is 0 Å². The molecule has 0 unspecified atom stereocenters. The second kappa shape index (κ2) is 6.45. The van der Waals surface area contributed by atoms with E-state index in [0.29, 0.717) is 25.1 Å². The van der Waals surface area contributed by atoms with Gasteiger partial charge in [-0.25, -0.2) is 9.78 Å². The number of nitrogens with zero attached hydrogens (tertiary/aromatic N) is 2. The largest absolute Gasteiger partial charge is 0.478 e. The zero-order chi connectivity index (χ0) is 17.3. The van der Waals surface area contributed by atoms with Crippen molar-refractivity contribution in [3.63, 3.8) is 0 Å². The zero-order valence-electron chi connectivity index (χ0n) is 13.9. The Balaban J connectivity index is 2.16. The average Bonchev–Trinajstić information content (AvgIpc) is 2.86. The van der Waals surface area contributed by atoms with Gasteiger partial charge in [0.2, 0.25) is 0 Å². The summed E-state index contributed by atoms with van der Waals surface area (Å²) < 4.78 is 2.08. The SMILES string of the molecule is Cc1cc2nc(CCN)n(Cc3ccccc3C(=O)O)c2cc1C. The first kappa shape index (κ1) is 16.2. The fourth-order valence-corrected chi connectivity index (χ4v) is 2.96. The summed E-state index contributed by atoms with van der Waals surface area (Å²) in [6.45, 7) is 5.11. The van der Waals surface area contributed by atoms with Gasteiger partial charge >= 0.3 is 5.97 Å². The molecule has 3 N–H and O–H groups in total. The molecule has 5 heteroatoms. The van der Waals surface area contributed by atoms with Crippen LogP contribution < -0.4 is 5.73 Å². The van der Waals surface area contributed by atoms with Gasteiger partial charge in [0, 0.05) is 6.42 Å². The van der Waals surface area contributed by atoms with Crippen LogP contribution in [0.2, 0.25) is 0 Å². The lowest BCUT2D eigenvalue weighted by Gasteiger charge is -2.12. The molecule has 3 aromatic rings. The van der Waals surface area contributed by atoms with E-state index in [1.54, 1.807) is 12.1 Å². The highest BCUT2D eigenvalue weighted by Gasteiger charge is 2.15. The van der Waals surface area contributed by atoms with Gasteiger partial charge < -0.3 is 15.4 Å². The number of fused-ring (bicyclic) bond motifs is 1. The molecule has 0 radical (unpaired) electrons. The topological polar surface area (TPSA) is 81.1 Å². The molecule has 0 aliphatic carbocycles. The molecule has 0 fully saturated rings. The van der Waals surface area contributed by atoms with Crippen molar-refractivity contribution in [2.24, 2.45) is 5.73 Å². The number of carboxylic acid groups (broad SMARTS) is 1. The first-order valence-electron chi connectivity index (χ1n) is 7.99. The van der Waals surface area contributed by atoms with Crippen molar-refractivity contribution in [1.29, 1.82) is 0 Å². The molecule has 1 heterocycles. The standard InChI is InChI=1S/C19H21N3O2/c1-12-9-16-17(10-13(12)2)22(18(21-16)7-8-20)11-14-5-3-4-6-15(14)19(23)24/h3-6,9-10H,7-8,11,20H2,1-2H3,(H,23,24). The Morgan fingerprint density at radius 3 is 2.62 bits per heavy atom. The Bertz CT molecular complexity index is 912. The number of rotatable bonds is 5. The molecular weight excluding hydrogens is 302 g/mol. The minimum Gasteiger partial charge on any atom is -0.478 e. The maximum Gasteiger partial charge on any atom is 0.336 e. The Morgan fingerprint density at radius 2 is 1.92 bits per heavy atom. The quantitative estimate of drug-likeness (QED) is 0.756. The summed E-state index contributed by atoms with van der Waals surface area (Å²) in [4.78, 5) is 16.2. The van der Waals surface area contributed by atoms with Crippen LogP contribution in [0.4, 0.5) is 0 Å². The van der Waals surface area contributed by atoms with Crippen LogP contribution in [-0.4, -0.2) is 27.2 Å². The Labute approximate surface area is 140 Å². The molecule has 0 saturated carbocycles. The molecule has 24 heavy (non-hydrogen) atoms. The minimum atomic E-state index is -0.914.